The van der Waals surface area contributed by atoms with Gasteiger partial charge in [-0.05, 0) is 80.9 Å². The first-order chi connectivity index (χ1) is 18.4. The van der Waals surface area contributed by atoms with Crippen molar-refractivity contribution < 1.29 is 33.3 Å². The van der Waals surface area contributed by atoms with E-state index in [1.807, 2.05) is 26.0 Å². The van der Waals surface area contributed by atoms with Crippen LogP contribution in [0, 0.1) is 22.7 Å². The lowest BCUT2D eigenvalue weighted by Crippen LogP contribution is -2.49. The molecule has 2 aliphatic carbocycles. The van der Waals surface area contributed by atoms with Gasteiger partial charge >= 0.3 is 5.97 Å². The Kier molecular flexibility index (Phi) is 10.8. The summed E-state index contributed by atoms with van der Waals surface area (Å²) in [6.07, 6.45) is 7.69. The molecule has 218 valence electrons. The Labute approximate surface area is 232 Å². The van der Waals surface area contributed by atoms with Gasteiger partial charge in [0.25, 0.3) is 5.92 Å². The number of hydrogen-bond acceptors (Lipinski definition) is 5. The minimum atomic E-state index is -3.32. The van der Waals surface area contributed by atoms with E-state index < -0.39 is 47.6 Å². The van der Waals surface area contributed by atoms with E-state index in [4.69, 9.17) is 9.47 Å². The van der Waals surface area contributed by atoms with E-state index in [0.717, 1.165) is 18.9 Å². The van der Waals surface area contributed by atoms with Crippen LogP contribution >= 0.6 is 0 Å². The van der Waals surface area contributed by atoms with E-state index in [2.05, 4.69) is 13.8 Å². The molecule has 0 spiro atoms. The number of hydrogen-bond donors (Lipinski definition) is 2. The highest BCUT2D eigenvalue weighted by molar-refractivity contribution is 5.81. The second-order valence-electron chi connectivity index (χ2n) is 12.1. The van der Waals surface area contributed by atoms with Crippen molar-refractivity contribution in [2.24, 2.45) is 22.7 Å². The van der Waals surface area contributed by atoms with Crippen molar-refractivity contribution in [2.45, 2.75) is 103 Å². The molecular formula is C32H46F2O5. The minimum absolute atomic E-state index is 0.127. The Balaban J connectivity index is 1.96. The van der Waals surface area contributed by atoms with Crippen molar-refractivity contribution in [3.05, 3.63) is 54.6 Å². The first kappa shape index (κ1) is 31.3. The lowest BCUT2D eigenvalue weighted by atomic mass is 9.54. The van der Waals surface area contributed by atoms with Gasteiger partial charge in [-0.2, -0.15) is 8.78 Å². The molecule has 2 aliphatic rings. The standard InChI is InChI=1S/C32H46F2O5/c1-5-6-10-15-31(29(37)39-28-21-25(35)20-27(28)36,30(4)16-13-24(14-17-30)23(2)3)18-19-32(33,34)22-38-26-11-8-7-9-12-26/h5-9,11-12,18-19,23-25,27-28,35-36H,10,13-17,20-22H2,1-4H3/b6-5+,19-18+. The maximum atomic E-state index is 15.2. The smallest absolute Gasteiger partial charge is 0.316 e. The van der Waals surface area contributed by atoms with Crippen molar-refractivity contribution in [3.8, 4) is 5.75 Å². The van der Waals surface area contributed by atoms with Crippen LogP contribution in [0.25, 0.3) is 0 Å². The number of ether oxygens (including phenoxy) is 2. The number of carbonyl (C=O) groups is 1. The zero-order chi connectivity index (χ0) is 28.7. The maximum absolute atomic E-state index is 15.2. The lowest BCUT2D eigenvalue weighted by molar-refractivity contribution is -0.173. The van der Waals surface area contributed by atoms with Gasteiger partial charge in [-0.1, -0.05) is 57.2 Å². The molecule has 39 heavy (non-hydrogen) atoms. The van der Waals surface area contributed by atoms with Crippen molar-refractivity contribution in [2.75, 3.05) is 6.61 Å². The van der Waals surface area contributed by atoms with Gasteiger partial charge in [0.2, 0.25) is 0 Å². The number of aliphatic hydroxyl groups is 2. The third kappa shape index (κ3) is 7.91. The van der Waals surface area contributed by atoms with Gasteiger partial charge in [-0.15, -0.1) is 0 Å². The normalized spacial score (nSPS) is 29.7. The number of alkyl halides is 2. The zero-order valence-electron chi connectivity index (χ0n) is 23.8. The van der Waals surface area contributed by atoms with Gasteiger partial charge in [0.15, 0.2) is 6.61 Å². The van der Waals surface area contributed by atoms with Crippen LogP contribution in [0.2, 0.25) is 0 Å². The molecule has 0 radical (unpaired) electrons. The molecule has 4 atom stereocenters. The quantitative estimate of drug-likeness (QED) is 0.220. The van der Waals surface area contributed by atoms with Crippen LogP contribution in [0.3, 0.4) is 0 Å². The van der Waals surface area contributed by atoms with Gasteiger partial charge < -0.3 is 19.7 Å². The molecule has 0 aromatic heterocycles. The summed E-state index contributed by atoms with van der Waals surface area (Å²) in [6, 6.07) is 8.45. The molecule has 3 rings (SSSR count). The third-order valence-electron chi connectivity index (χ3n) is 8.95. The van der Waals surface area contributed by atoms with Crippen LogP contribution in [-0.4, -0.2) is 47.0 Å². The highest BCUT2D eigenvalue weighted by Gasteiger charge is 2.55. The second-order valence-corrected chi connectivity index (χ2v) is 12.1. The molecule has 1 aromatic rings. The fourth-order valence-electron chi connectivity index (χ4n) is 6.20. The van der Waals surface area contributed by atoms with Crippen LogP contribution in [0.15, 0.2) is 54.6 Å². The van der Waals surface area contributed by atoms with Crippen LogP contribution in [0.5, 0.6) is 5.75 Å². The first-order valence-corrected chi connectivity index (χ1v) is 14.4. The highest BCUT2D eigenvalue weighted by atomic mass is 19.3. The molecule has 0 heterocycles. The molecule has 1 aromatic carbocycles. The number of benzene rings is 1. The van der Waals surface area contributed by atoms with Crippen molar-refractivity contribution in [1.29, 1.82) is 0 Å². The van der Waals surface area contributed by atoms with Crippen molar-refractivity contribution in [3.63, 3.8) is 0 Å². The minimum Gasteiger partial charge on any atom is -0.487 e. The van der Waals surface area contributed by atoms with E-state index in [9.17, 15) is 15.0 Å². The number of rotatable bonds is 12. The average Bonchev–Trinajstić information content (AvgIpc) is 3.21. The maximum Gasteiger partial charge on any atom is 0.316 e. The molecule has 0 bridgehead atoms. The topological polar surface area (TPSA) is 76.0 Å². The number of esters is 1. The van der Waals surface area contributed by atoms with Gasteiger partial charge in [-0.25, -0.2) is 0 Å². The second kappa shape index (κ2) is 13.4. The van der Waals surface area contributed by atoms with Gasteiger partial charge in [0.05, 0.1) is 17.6 Å². The first-order valence-electron chi connectivity index (χ1n) is 14.4. The third-order valence-corrected chi connectivity index (χ3v) is 8.95. The number of para-hydroxylation sites is 1. The predicted molar refractivity (Wildman–Crippen MR) is 149 cm³/mol. The lowest BCUT2D eigenvalue weighted by Gasteiger charge is -2.50. The Morgan fingerprint density at radius 2 is 1.79 bits per heavy atom. The number of aliphatic hydroxyl groups excluding tert-OH is 2. The number of allylic oxidation sites excluding steroid dienone is 2. The number of carbonyl (C=O) groups excluding carboxylic acids is 1. The molecule has 0 aliphatic heterocycles. The van der Waals surface area contributed by atoms with Gasteiger partial charge in [0.1, 0.15) is 11.9 Å². The van der Waals surface area contributed by atoms with Crippen LogP contribution in [-0.2, 0) is 9.53 Å². The Morgan fingerprint density at radius 1 is 1.13 bits per heavy atom. The molecule has 0 saturated heterocycles. The Hall–Kier alpha value is -2.25. The molecule has 4 unspecified atom stereocenters. The highest BCUT2D eigenvalue weighted by Crippen LogP contribution is 2.56. The van der Waals surface area contributed by atoms with E-state index in [1.54, 1.807) is 30.3 Å². The van der Waals surface area contributed by atoms with Crippen LogP contribution < -0.4 is 4.74 Å². The summed E-state index contributed by atoms with van der Waals surface area (Å²) in [5.74, 6) is -2.57. The van der Waals surface area contributed by atoms with Gasteiger partial charge in [0, 0.05) is 12.8 Å². The van der Waals surface area contributed by atoms with E-state index >= 15 is 8.78 Å². The molecular weight excluding hydrogens is 502 g/mol. The summed E-state index contributed by atoms with van der Waals surface area (Å²) in [7, 11) is 0. The number of halogens is 2. The Morgan fingerprint density at radius 3 is 2.36 bits per heavy atom. The summed E-state index contributed by atoms with van der Waals surface area (Å²) in [4.78, 5) is 14.1. The Bertz CT molecular complexity index is 968. The summed E-state index contributed by atoms with van der Waals surface area (Å²) >= 11 is 0. The predicted octanol–water partition coefficient (Wildman–Crippen LogP) is 6.88. The SMILES string of the molecule is C/C=C/CCC(/C=C/C(F)(F)COc1ccccc1)(C(=O)OC1CC(O)CC1O)C1(C)CCC(C(C)C)CC1. The van der Waals surface area contributed by atoms with Crippen molar-refractivity contribution in [1.82, 2.24) is 0 Å². The summed E-state index contributed by atoms with van der Waals surface area (Å²) in [5.41, 5.74) is -1.95. The molecule has 2 saturated carbocycles. The molecule has 0 amide bonds. The van der Waals surface area contributed by atoms with E-state index in [-0.39, 0.29) is 12.8 Å². The zero-order valence-corrected chi connectivity index (χ0v) is 23.8. The van der Waals surface area contributed by atoms with Crippen LogP contribution in [0.1, 0.15) is 79.1 Å². The molecule has 2 fully saturated rings. The fraction of sp³-hybridized carbons (Fsp3) is 0.656. The summed E-state index contributed by atoms with van der Waals surface area (Å²) in [6.45, 7) is 7.44. The monoisotopic (exact) mass is 548 g/mol. The van der Waals surface area contributed by atoms with E-state index in [1.165, 1.54) is 6.08 Å². The summed E-state index contributed by atoms with van der Waals surface area (Å²) < 4.78 is 41.7. The van der Waals surface area contributed by atoms with E-state index in [0.29, 0.717) is 43.3 Å². The molecule has 2 N–H and O–H groups in total. The summed E-state index contributed by atoms with van der Waals surface area (Å²) in [5, 5.41) is 20.4. The average molecular weight is 549 g/mol. The molecule has 5 nitrogen and oxygen atoms in total. The van der Waals surface area contributed by atoms with Crippen LogP contribution in [0.4, 0.5) is 8.78 Å². The van der Waals surface area contributed by atoms with Crippen molar-refractivity contribution >= 4 is 5.97 Å². The fourth-order valence-corrected chi connectivity index (χ4v) is 6.20. The molecule has 7 heteroatoms. The largest absolute Gasteiger partial charge is 0.487 e. The van der Waals surface area contributed by atoms with Gasteiger partial charge in [-0.3, -0.25) is 4.79 Å².